The average molecular weight is 355 g/mol. The molecule has 2 N–H and O–H groups in total. The Morgan fingerprint density at radius 1 is 1.04 bits per heavy atom. The highest BCUT2D eigenvalue weighted by Crippen LogP contribution is 2.17. The first-order chi connectivity index (χ1) is 12.1. The molecule has 3 heterocycles. The van der Waals surface area contributed by atoms with Gasteiger partial charge in [-0.25, -0.2) is 0 Å². The Morgan fingerprint density at radius 2 is 1.80 bits per heavy atom. The Hall–Kier alpha value is -1.22. The number of aliphatic hydroxyl groups is 2. The minimum Gasteiger partial charge on any atom is -0.389 e. The summed E-state index contributed by atoms with van der Waals surface area (Å²) in [5, 5.41) is 19.9. The number of ether oxygens (including phenoxy) is 1. The molecule has 0 unspecified atom stereocenters. The van der Waals surface area contributed by atoms with Crippen molar-refractivity contribution in [2.24, 2.45) is 0 Å². The first kappa shape index (κ1) is 18.6. The second-order valence-corrected chi connectivity index (χ2v) is 7.21. The minimum atomic E-state index is -0.854. The Balaban J connectivity index is 1.48. The van der Waals surface area contributed by atoms with E-state index >= 15 is 0 Å². The Kier molecular flexibility index (Phi) is 6.27. The molecular formula is C17H29N3O5. The van der Waals surface area contributed by atoms with Crippen LogP contribution in [0.5, 0.6) is 0 Å². The van der Waals surface area contributed by atoms with Crippen molar-refractivity contribution in [3.63, 3.8) is 0 Å². The van der Waals surface area contributed by atoms with Crippen molar-refractivity contribution in [2.45, 2.75) is 43.9 Å². The molecule has 3 atom stereocenters. The van der Waals surface area contributed by atoms with Crippen LogP contribution < -0.4 is 0 Å². The van der Waals surface area contributed by atoms with E-state index in [2.05, 4.69) is 4.90 Å². The fourth-order valence-corrected chi connectivity index (χ4v) is 3.86. The van der Waals surface area contributed by atoms with E-state index in [4.69, 9.17) is 4.74 Å². The highest BCUT2D eigenvalue weighted by atomic mass is 16.5. The number of carbonyl (C=O) groups is 2. The number of nitrogens with zero attached hydrogens (tertiary/aromatic N) is 3. The molecule has 0 aromatic heterocycles. The SMILES string of the molecule is O=C(CN1CCCCCC1=O)N1CCN([C@@H]2COC[C@@H](O)[C@H]2O)CC1. The summed E-state index contributed by atoms with van der Waals surface area (Å²) in [5.74, 6) is 0.0799. The van der Waals surface area contributed by atoms with Crippen LogP contribution in [0.1, 0.15) is 25.7 Å². The summed E-state index contributed by atoms with van der Waals surface area (Å²) in [6.07, 6.45) is 1.81. The second kappa shape index (κ2) is 8.44. The highest BCUT2D eigenvalue weighted by Gasteiger charge is 2.37. The molecule has 25 heavy (non-hydrogen) atoms. The summed E-state index contributed by atoms with van der Waals surface area (Å²) >= 11 is 0. The molecule has 3 aliphatic rings. The third-order valence-electron chi connectivity index (χ3n) is 5.50. The van der Waals surface area contributed by atoms with Gasteiger partial charge in [0.15, 0.2) is 0 Å². The van der Waals surface area contributed by atoms with Gasteiger partial charge >= 0.3 is 0 Å². The molecule has 3 fully saturated rings. The summed E-state index contributed by atoms with van der Waals surface area (Å²) in [7, 11) is 0. The predicted molar refractivity (Wildman–Crippen MR) is 89.8 cm³/mol. The van der Waals surface area contributed by atoms with Gasteiger partial charge in [0.05, 0.1) is 31.9 Å². The van der Waals surface area contributed by atoms with Crippen molar-refractivity contribution in [3.8, 4) is 0 Å². The van der Waals surface area contributed by atoms with E-state index in [1.54, 1.807) is 9.80 Å². The minimum absolute atomic E-state index is 0.00428. The summed E-state index contributed by atoms with van der Waals surface area (Å²) in [6, 6.07) is -0.229. The number of hydrogen-bond donors (Lipinski definition) is 2. The molecule has 8 heteroatoms. The number of hydrogen-bond acceptors (Lipinski definition) is 6. The monoisotopic (exact) mass is 355 g/mol. The predicted octanol–water partition coefficient (Wildman–Crippen LogP) is -1.35. The van der Waals surface area contributed by atoms with Crippen LogP contribution in [0, 0.1) is 0 Å². The lowest BCUT2D eigenvalue weighted by atomic mass is 10.0. The van der Waals surface area contributed by atoms with Crippen molar-refractivity contribution in [1.29, 1.82) is 0 Å². The fourth-order valence-electron chi connectivity index (χ4n) is 3.86. The molecule has 8 nitrogen and oxygen atoms in total. The van der Waals surface area contributed by atoms with Crippen LogP contribution in [0.25, 0.3) is 0 Å². The van der Waals surface area contributed by atoms with E-state index in [1.807, 2.05) is 0 Å². The first-order valence-electron chi connectivity index (χ1n) is 9.30. The van der Waals surface area contributed by atoms with Gasteiger partial charge in [0.25, 0.3) is 0 Å². The molecule has 3 saturated heterocycles. The van der Waals surface area contributed by atoms with Gasteiger partial charge in [-0.05, 0) is 12.8 Å². The standard InChI is InChI=1S/C17H29N3O5/c21-14-12-25-11-13(17(14)24)18-6-8-19(9-7-18)16(23)10-20-5-3-1-2-4-15(20)22/h13-14,17,21,24H,1-12H2/t13-,14-,17+/m1/s1. The molecular weight excluding hydrogens is 326 g/mol. The summed E-state index contributed by atoms with van der Waals surface area (Å²) in [5.41, 5.74) is 0. The molecule has 142 valence electrons. The van der Waals surface area contributed by atoms with Gasteiger partial charge in [-0.1, -0.05) is 6.42 Å². The van der Waals surface area contributed by atoms with Crippen LogP contribution >= 0.6 is 0 Å². The molecule has 0 radical (unpaired) electrons. The lowest BCUT2D eigenvalue weighted by molar-refractivity contribution is -0.147. The zero-order chi connectivity index (χ0) is 17.8. The van der Waals surface area contributed by atoms with Gasteiger partial charge in [0, 0.05) is 39.1 Å². The second-order valence-electron chi connectivity index (χ2n) is 7.21. The molecule has 0 aromatic rings. The van der Waals surface area contributed by atoms with Gasteiger partial charge < -0.3 is 24.7 Å². The summed E-state index contributed by atoms with van der Waals surface area (Å²) in [4.78, 5) is 30.1. The normalized spacial score (nSPS) is 32.6. The van der Waals surface area contributed by atoms with Crippen molar-refractivity contribution in [1.82, 2.24) is 14.7 Å². The molecule has 0 bridgehead atoms. The molecule has 3 aliphatic heterocycles. The van der Waals surface area contributed by atoms with Crippen LogP contribution in [0.15, 0.2) is 0 Å². The van der Waals surface area contributed by atoms with Crippen LogP contribution in [0.4, 0.5) is 0 Å². The third-order valence-corrected chi connectivity index (χ3v) is 5.50. The first-order valence-corrected chi connectivity index (χ1v) is 9.30. The molecule has 0 aromatic carbocycles. The van der Waals surface area contributed by atoms with Crippen LogP contribution in [-0.2, 0) is 14.3 Å². The molecule has 0 aliphatic carbocycles. The fraction of sp³-hybridized carbons (Fsp3) is 0.882. The molecule has 3 rings (SSSR count). The lowest BCUT2D eigenvalue weighted by Crippen LogP contribution is -2.61. The van der Waals surface area contributed by atoms with Gasteiger partial charge in [-0.3, -0.25) is 14.5 Å². The molecule has 0 spiro atoms. The quantitative estimate of drug-likeness (QED) is 0.651. The van der Waals surface area contributed by atoms with Crippen LogP contribution in [0.3, 0.4) is 0 Å². The number of piperazine rings is 1. The van der Waals surface area contributed by atoms with E-state index in [0.717, 1.165) is 19.3 Å². The average Bonchev–Trinajstić information content (AvgIpc) is 2.82. The zero-order valence-electron chi connectivity index (χ0n) is 14.7. The molecule has 2 amide bonds. The van der Waals surface area contributed by atoms with E-state index in [-0.39, 0.29) is 31.0 Å². The topological polar surface area (TPSA) is 93.6 Å². The van der Waals surface area contributed by atoms with Gasteiger partial charge in [0.1, 0.15) is 6.10 Å². The summed E-state index contributed by atoms with van der Waals surface area (Å²) < 4.78 is 5.34. The maximum absolute atomic E-state index is 12.5. The number of rotatable bonds is 3. The Bertz CT molecular complexity index is 481. The van der Waals surface area contributed by atoms with Crippen molar-refractivity contribution >= 4 is 11.8 Å². The van der Waals surface area contributed by atoms with Crippen molar-refractivity contribution < 1.29 is 24.5 Å². The smallest absolute Gasteiger partial charge is 0.242 e. The number of aliphatic hydroxyl groups excluding tert-OH is 2. The van der Waals surface area contributed by atoms with E-state index < -0.39 is 12.2 Å². The maximum atomic E-state index is 12.5. The Labute approximate surface area is 148 Å². The van der Waals surface area contributed by atoms with Crippen LogP contribution in [0.2, 0.25) is 0 Å². The Morgan fingerprint density at radius 3 is 2.56 bits per heavy atom. The lowest BCUT2D eigenvalue weighted by Gasteiger charge is -2.43. The van der Waals surface area contributed by atoms with E-state index in [0.29, 0.717) is 45.8 Å². The number of carbonyl (C=O) groups excluding carboxylic acids is 2. The van der Waals surface area contributed by atoms with Gasteiger partial charge in [0.2, 0.25) is 11.8 Å². The zero-order valence-corrected chi connectivity index (χ0v) is 14.7. The largest absolute Gasteiger partial charge is 0.389 e. The maximum Gasteiger partial charge on any atom is 0.242 e. The number of likely N-dealkylation sites (tertiary alicyclic amines) is 1. The van der Waals surface area contributed by atoms with Gasteiger partial charge in [-0.2, -0.15) is 0 Å². The van der Waals surface area contributed by atoms with Gasteiger partial charge in [-0.15, -0.1) is 0 Å². The highest BCUT2D eigenvalue weighted by molar-refractivity contribution is 5.85. The van der Waals surface area contributed by atoms with Crippen LogP contribution in [-0.4, -0.2) is 107 Å². The third kappa shape index (κ3) is 4.49. The van der Waals surface area contributed by atoms with Crippen molar-refractivity contribution in [3.05, 3.63) is 0 Å². The summed E-state index contributed by atoms with van der Waals surface area (Å²) in [6.45, 7) is 3.82. The van der Waals surface area contributed by atoms with E-state index in [9.17, 15) is 19.8 Å². The number of amides is 2. The van der Waals surface area contributed by atoms with E-state index in [1.165, 1.54) is 0 Å². The molecule has 0 saturated carbocycles. The van der Waals surface area contributed by atoms with Crippen molar-refractivity contribution in [2.75, 3.05) is 52.5 Å².